The van der Waals surface area contributed by atoms with Crippen LogP contribution in [-0.4, -0.2) is 42.8 Å². The molecule has 0 aliphatic carbocycles. The van der Waals surface area contributed by atoms with Crippen LogP contribution in [0.25, 0.3) is 0 Å². The van der Waals surface area contributed by atoms with Crippen LogP contribution < -0.4 is 16.0 Å². The zero-order valence-corrected chi connectivity index (χ0v) is 18.0. The van der Waals surface area contributed by atoms with Crippen LogP contribution in [0.15, 0.2) is 0 Å². The number of rotatable bonds is 16. The Morgan fingerprint density at radius 3 is 1.59 bits per heavy atom. The highest BCUT2D eigenvalue weighted by atomic mass is 16.2. The number of carbonyl (C=O) groups is 3. The predicted molar refractivity (Wildman–Crippen MR) is 111 cm³/mol. The maximum atomic E-state index is 12.8. The van der Waals surface area contributed by atoms with Crippen molar-refractivity contribution in [2.45, 2.75) is 110 Å². The van der Waals surface area contributed by atoms with E-state index in [1.807, 2.05) is 0 Å². The Hall–Kier alpha value is -1.43. The quantitative estimate of drug-likeness (QED) is 0.357. The van der Waals surface area contributed by atoms with Crippen LogP contribution in [0.1, 0.15) is 91.9 Å². The molecule has 0 saturated heterocycles. The lowest BCUT2D eigenvalue weighted by Gasteiger charge is -2.24. The van der Waals surface area contributed by atoms with E-state index in [4.69, 9.17) is 0 Å². The molecule has 0 rings (SSSR count). The number of amides is 2. The largest absolute Gasteiger partial charge is 0.345 e. The van der Waals surface area contributed by atoms with Gasteiger partial charge in [0.25, 0.3) is 0 Å². The molecule has 0 aromatic heterocycles. The molecule has 0 aromatic carbocycles. The standard InChI is InChI=1S/C21H41N3O3/c1-6-9-12-15-17(16(4)25)23-21(27)19(14-11-8-3)24-20(26)18(22-5)13-10-7-2/h17-19,22H,6-15H2,1-5H3,(H,23,27)(H,24,26)/t17-,18-,19-/m0/s1. The third kappa shape index (κ3) is 11.1. The molecule has 0 aromatic rings. The Kier molecular flexibility index (Phi) is 14.8. The Morgan fingerprint density at radius 1 is 0.667 bits per heavy atom. The lowest BCUT2D eigenvalue weighted by atomic mass is 10.0. The SMILES string of the molecule is CCCCC[C@H](NC(=O)[C@H](CCCC)NC(=O)[C@H](CCCC)NC)C(C)=O. The minimum absolute atomic E-state index is 0.0314. The van der Waals surface area contributed by atoms with E-state index >= 15 is 0 Å². The second-order valence-electron chi connectivity index (χ2n) is 7.35. The first kappa shape index (κ1) is 25.6. The van der Waals surface area contributed by atoms with E-state index in [0.29, 0.717) is 12.8 Å². The molecule has 0 fully saturated rings. The zero-order chi connectivity index (χ0) is 20.7. The monoisotopic (exact) mass is 383 g/mol. The maximum Gasteiger partial charge on any atom is 0.243 e. The van der Waals surface area contributed by atoms with Crippen molar-refractivity contribution >= 4 is 17.6 Å². The molecule has 0 radical (unpaired) electrons. The van der Waals surface area contributed by atoms with Crippen LogP contribution in [0, 0.1) is 0 Å². The Balaban J connectivity index is 4.94. The van der Waals surface area contributed by atoms with Crippen molar-refractivity contribution in [3.63, 3.8) is 0 Å². The van der Waals surface area contributed by atoms with Crippen molar-refractivity contribution < 1.29 is 14.4 Å². The van der Waals surface area contributed by atoms with E-state index in [9.17, 15) is 14.4 Å². The van der Waals surface area contributed by atoms with E-state index < -0.39 is 12.1 Å². The van der Waals surface area contributed by atoms with Gasteiger partial charge in [-0.15, -0.1) is 0 Å². The summed E-state index contributed by atoms with van der Waals surface area (Å²) in [5.74, 6) is -0.428. The number of ketones is 1. The minimum Gasteiger partial charge on any atom is -0.345 e. The zero-order valence-electron chi connectivity index (χ0n) is 18.0. The van der Waals surface area contributed by atoms with Gasteiger partial charge in [0.1, 0.15) is 6.04 Å². The molecule has 0 aliphatic rings. The minimum atomic E-state index is -0.594. The van der Waals surface area contributed by atoms with Crippen molar-refractivity contribution in [3.05, 3.63) is 0 Å². The van der Waals surface area contributed by atoms with Crippen molar-refractivity contribution in [2.24, 2.45) is 0 Å². The summed E-state index contributed by atoms with van der Waals surface area (Å²) in [4.78, 5) is 37.2. The first-order chi connectivity index (χ1) is 12.9. The molecule has 6 nitrogen and oxygen atoms in total. The second kappa shape index (κ2) is 15.6. The number of nitrogens with one attached hydrogen (secondary N) is 3. The average molecular weight is 384 g/mol. The third-order valence-electron chi connectivity index (χ3n) is 4.89. The highest BCUT2D eigenvalue weighted by Gasteiger charge is 2.26. The van der Waals surface area contributed by atoms with Gasteiger partial charge in [-0.2, -0.15) is 0 Å². The number of carbonyl (C=O) groups excluding carboxylic acids is 3. The molecule has 158 valence electrons. The molecule has 0 unspecified atom stereocenters. The van der Waals surface area contributed by atoms with Crippen LogP contribution in [0.3, 0.4) is 0 Å². The molecular formula is C21H41N3O3. The third-order valence-corrected chi connectivity index (χ3v) is 4.89. The molecule has 0 spiro atoms. The lowest BCUT2D eigenvalue weighted by molar-refractivity contribution is -0.132. The van der Waals surface area contributed by atoms with E-state index in [-0.39, 0.29) is 23.6 Å². The molecule has 3 N–H and O–H groups in total. The van der Waals surface area contributed by atoms with E-state index in [2.05, 4.69) is 36.7 Å². The fourth-order valence-corrected chi connectivity index (χ4v) is 3.01. The van der Waals surface area contributed by atoms with Crippen LogP contribution in [-0.2, 0) is 14.4 Å². The topological polar surface area (TPSA) is 87.3 Å². The summed E-state index contributed by atoms with van der Waals surface area (Å²) in [6, 6.07) is -1.36. The van der Waals surface area contributed by atoms with Crippen molar-refractivity contribution in [1.29, 1.82) is 0 Å². The van der Waals surface area contributed by atoms with Crippen LogP contribution in [0.4, 0.5) is 0 Å². The van der Waals surface area contributed by atoms with Gasteiger partial charge >= 0.3 is 0 Å². The van der Waals surface area contributed by atoms with Gasteiger partial charge in [0.05, 0.1) is 12.1 Å². The summed E-state index contributed by atoms with van der Waals surface area (Å²) in [6.07, 6.45) is 8.75. The molecular weight excluding hydrogens is 342 g/mol. The Labute approximate surface area is 165 Å². The first-order valence-corrected chi connectivity index (χ1v) is 10.7. The van der Waals surface area contributed by atoms with Crippen LogP contribution in [0.2, 0.25) is 0 Å². The number of hydrogen-bond donors (Lipinski definition) is 3. The van der Waals surface area contributed by atoms with Crippen LogP contribution >= 0.6 is 0 Å². The Morgan fingerprint density at radius 2 is 1.11 bits per heavy atom. The highest BCUT2D eigenvalue weighted by molar-refractivity contribution is 5.92. The average Bonchev–Trinajstić information content (AvgIpc) is 2.64. The second-order valence-corrected chi connectivity index (χ2v) is 7.35. The van der Waals surface area contributed by atoms with Gasteiger partial charge in [0, 0.05) is 0 Å². The van der Waals surface area contributed by atoms with E-state index in [0.717, 1.165) is 51.4 Å². The number of unbranched alkanes of at least 4 members (excludes halogenated alkanes) is 4. The van der Waals surface area contributed by atoms with Gasteiger partial charge in [0.2, 0.25) is 11.8 Å². The number of likely N-dealkylation sites (N-methyl/N-ethyl adjacent to an activating group) is 1. The number of hydrogen-bond acceptors (Lipinski definition) is 4. The lowest BCUT2D eigenvalue weighted by Crippen LogP contribution is -2.54. The van der Waals surface area contributed by atoms with Gasteiger partial charge in [-0.3, -0.25) is 14.4 Å². The molecule has 27 heavy (non-hydrogen) atoms. The molecule has 3 atom stereocenters. The van der Waals surface area contributed by atoms with Crippen molar-refractivity contribution in [1.82, 2.24) is 16.0 Å². The summed E-state index contributed by atoms with van der Waals surface area (Å²) in [7, 11) is 1.76. The molecule has 2 amide bonds. The van der Waals surface area contributed by atoms with Gasteiger partial charge in [0.15, 0.2) is 5.78 Å². The number of Topliss-reactive ketones (excluding diaryl/α,β-unsaturated/α-hetero) is 1. The molecule has 0 heterocycles. The normalized spacial score (nSPS) is 14.3. The van der Waals surface area contributed by atoms with Gasteiger partial charge < -0.3 is 16.0 Å². The van der Waals surface area contributed by atoms with E-state index in [1.165, 1.54) is 6.92 Å². The summed E-state index contributed by atoms with van der Waals surface area (Å²) in [6.45, 7) is 7.76. The van der Waals surface area contributed by atoms with Gasteiger partial charge in [-0.1, -0.05) is 65.7 Å². The Bertz CT molecular complexity index is 440. The molecule has 0 bridgehead atoms. The van der Waals surface area contributed by atoms with Crippen molar-refractivity contribution in [2.75, 3.05) is 7.05 Å². The smallest absolute Gasteiger partial charge is 0.243 e. The summed E-state index contributed by atoms with van der Waals surface area (Å²) < 4.78 is 0. The molecule has 0 saturated carbocycles. The fraction of sp³-hybridized carbons (Fsp3) is 0.857. The van der Waals surface area contributed by atoms with E-state index in [1.54, 1.807) is 7.05 Å². The van der Waals surface area contributed by atoms with Crippen LogP contribution in [0.5, 0.6) is 0 Å². The fourth-order valence-electron chi connectivity index (χ4n) is 3.01. The first-order valence-electron chi connectivity index (χ1n) is 10.7. The highest BCUT2D eigenvalue weighted by Crippen LogP contribution is 2.08. The molecule has 0 aliphatic heterocycles. The van der Waals surface area contributed by atoms with Gasteiger partial charge in [-0.25, -0.2) is 0 Å². The summed E-state index contributed by atoms with van der Waals surface area (Å²) >= 11 is 0. The van der Waals surface area contributed by atoms with Gasteiger partial charge in [-0.05, 0) is 33.2 Å². The summed E-state index contributed by atoms with van der Waals surface area (Å²) in [5, 5.41) is 8.80. The predicted octanol–water partition coefficient (Wildman–Crippen LogP) is 3.09. The maximum absolute atomic E-state index is 12.8. The van der Waals surface area contributed by atoms with Crippen molar-refractivity contribution in [3.8, 4) is 0 Å². The molecule has 6 heteroatoms. The summed E-state index contributed by atoms with van der Waals surface area (Å²) in [5.41, 5.74) is 0.